The molecule has 0 radical (unpaired) electrons. The third-order valence-corrected chi connectivity index (χ3v) is 5.59. The Kier molecular flexibility index (Phi) is 3.07. The van der Waals surface area contributed by atoms with Crippen LogP contribution in [0.4, 0.5) is 0 Å². The molecule has 2 aliphatic rings. The van der Waals surface area contributed by atoms with Crippen molar-refractivity contribution >= 4 is 11.6 Å². The van der Waals surface area contributed by atoms with Crippen molar-refractivity contribution < 1.29 is 0 Å². The molecule has 0 saturated heterocycles. The molecule has 2 aromatic rings. The van der Waals surface area contributed by atoms with E-state index in [2.05, 4.69) is 36.4 Å². The van der Waals surface area contributed by atoms with Gasteiger partial charge in [0.05, 0.1) is 0 Å². The van der Waals surface area contributed by atoms with Gasteiger partial charge >= 0.3 is 0 Å². The highest BCUT2D eigenvalue weighted by atomic mass is 35.5. The molecule has 3 atom stereocenters. The van der Waals surface area contributed by atoms with E-state index >= 15 is 0 Å². The average molecular weight is 283 g/mol. The lowest BCUT2D eigenvalue weighted by atomic mass is 9.80. The number of hydrogen-bond acceptors (Lipinski definition) is 0. The van der Waals surface area contributed by atoms with Crippen LogP contribution in [0.15, 0.2) is 48.5 Å². The first kappa shape index (κ1) is 12.5. The first-order valence-corrected chi connectivity index (χ1v) is 8.04. The largest absolute Gasteiger partial charge is 0.0837 e. The van der Waals surface area contributed by atoms with Crippen molar-refractivity contribution in [2.24, 2.45) is 11.8 Å². The Hall–Kier alpha value is -1.27. The molecule has 0 aliphatic heterocycles. The zero-order valence-corrected chi connectivity index (χ0v) is 12.3. The SMILES string of the molecule is Clc1ccccc1-c1ccccc1C1CC2CCC1C2. The smallest absolute Gasteiger partial charge is 0.0484 e. The summed E-state index contributed by atoms with van der Waals surface area (Å²) in [5, 5.41) is 0.864. The minimum absolute atomic E-state index is 0.751. The lowest BCUT2D eigenvalue weighted by Gasteiger charge is -2.25. The maximum atomic E-state index is 6.42. The molecule has 0 spiro atoms. The predicted molar refractivity (Wildman–Crippen MR) is 85.1 cm³/mol. The van der Waals surface area contributed by atoms with Crippen molar-refractivity contribution in [2.75, 3.05) is 0 Å². The molecule has 2 aromatic carbocycles. The molecule has 1 heteroatoms. The molecule has 2 fully saturated rings. The van der Waals surface area contributed by atoms with Crippen LogP contribution < -0.4 is 0 Å². The number of halogens is 1. The van der Waals surface area contributed by atoms with Crippen LogP contribution in [0.25, 0.3) is 11.1 Å². The predicted octanol–water partition coefficient (Wildman–Crippen LogP) is 5.91. The van der Waals surface area contributed by atoms with E-state index in [9.17, 15) is 0 Å². The highest BCUT2D eigenvalue weighted by Crippen LogP contribution is 2.54. The van der Waals surface area contributed by atoms with E-state index in [1.807, 2.05) is 12.1 Å². The molecule has 0 N–H and O–H groups in total. The van der Waals surface area contributed by atoms with E-state index in [4.69, 9.17) is 11.6 Å². The van der Waals surface area contributed by atoms with Crippen molar-refractivity contribution in [3.05, 3.63) is 59.1 Å². The lowest BCUT2D eigenvalue weighted by molar-refractivity contribution is 0.420. The normalized spacial score (nSPS) is 27.9. The first-order valence-electron chi connectivity index (χ1n) is 7.67. The highest BCUT2D eigenvalue weighted by molar-refractivity contribution is 6.33. The second-order valence-corrected chi connectivity index (χ2v) is 6.76. The molecule has 0 amide bonds. The lowest BCUT2D eigenvalue weighted by Crippen LogP contribution is -2.09. The van der Waals surface area contributed by atoms with Crippen LogP contribution in [0, 0.1) is 11.8 Å². The van der Waals surface area contributed by atoms with Gasteiger partial charge in [0, 0.05) is 10.6 Å². The van der Waals surface area contributed by atoms with Gasteiger partial charge < -0.3 is 0 Å². The van der Waals surface area contributed by atoms with Gasteiger partial charge in [-0.2, -0.15) is 0 Å². The summed E-state index contributed by atoms with van der Waals surface area (Å²) < 4.78 is 0. The quantitative estimate of drug-likeness (QED) is 0.642. The fraction of sp³-hybridized carbons (Fsp3) is 0.368. The Morgan fingerprint density at radius 1 is 0.800 bits per heavy atom. The standard InChI is InChI=1S/C19H19Cl/c20-19-8-4-3-7-17(19)15-5-1-2-6-16(15)18-12-13-9-10-14(18)11-13/h1-8,13-14,18H,9-12H2. The molecule has 2 saturated carbocycles. The van der Waals surface area contributed by atoms with Crippen LogP contribution >= 0.6 is 11.6 Å². The van der Waals surface area contributed by atoms with Gasteiger partial charge in [-0.15, -0.1) is 0 Å². The molecule has 102 valence electrons. The van der Waals surface area contributed by atoms with Gasteiger partial charge in [-0.1, -0.05) is 60.5 Å². The van der Waals surface area contributed by atoms with Gasteiger partial charge in [-0.25, -0.2) is 0 Å². The van der Waals surface area contributed by atoms with E-state index in [1.54, 1.807) is 0 Å². The maximum Gasteiger partial charge on any atom is 0.0484 e. The number of fused-ring (bicyclic) bond motifs is 2. The Balaban J connectivity index is 1.80. The van der Waals surface area contributed by atoms with Gasteiger partial charge in [0.1, 0.15) is 0 Å². The number of benzene rings is 2. The van der Waals surface area contributed by atoms with E-state index in [-0.39, 0.29) is 0 Å². The van der Waals surface area contributed by atoms with Gasteiger partial charge in [-0.05, 0) is 54.2 Å². The molecule has 3 unspecified atom stereocenters. The topological polar surface area (TPSA) is 0 Å². The average Bonchev–Trinajstić information content (AvgIpc) is 3.10. The van der Waals surface area contributed by atoms with Crippen LogP contribution in [-0.4, -0.2) is 0 Å². The van der Waals surface area contributed by atoms with Crippen LogP contribution in [0.2, 0.25) is 5.02 Å². The molecular formula is C19H19Cl. The summed E-state index contributed by atoms with van der Waals surface area (Å²) in [7, 11) is 0. The molecule has 4 rings (SSSR count). The summed E-state index contributed by atoms with van der Waals surface area (Å²) in [5.74, 6) is 2.63. The minimum atomic E-state index is 0.751. The van der Waals surface area contributed by atoms with E-state index in [1.165, 1.54) is 42.4 Å². The van der Waals surface area contributed by atoms with Crippen LogP contribution in [0.5, 0.6) is 0 Å². The van der Waals surface area contributed by atoms with Crippen molar-refractivity contribution in [1.29, 1.82) is 0 Å². The Bertz CT molecular complexity index is 631. The van der Waals surface area contributed by atoms with Crippen molar-refractivity contribution in [1.82, 2.24) is 0 Å². The second kappa shape index (κ2) is 4.93. The molecule has 2 bridgehead atoms. The van der Waals surface area contributed by atoms with Crippen LogP contribution in [-0.2, 0) is 0 Å². The molecule has 2 aliphatic carbocycles. The monoisotopic (exact) mass is 282 g/mol. The molecule has 0 heterocycles. The van der Waals surface area contributed by atoms with E-state index in [0.29, 0.717) is 0 Å². The summed E-state index contributed by atoms with van der Waals surface area (Å²) in [6, 6.07) is 17.1. The van der Waals surface area contributed by atoms with Crippen molar-refractivity contribution in [3.63, 3.8) is 0 Å². The zero-order valence-electron chi connectivity index (χ0n) is 11.6. The fourth-order valence-corrected chi connectivity index (χ4v) is 4.61. The van der Waals surface area contributed by atoms with Gasteiger partial charge in [0.15, 0.2) is 0 Å². The highest BCUT2D eigenvalue weighted by Gasteiger charge is 2.40. The van der Waals surface area contributed by atoms with Gasteiger partial charge in [0.25, 0.3) is 0 Å². The fourth-order valence-electron chi connectivity index (χ4n) is 4.37. The Labute approximate surface area is 125 Å². The zero-order chi connectivity index (χ0) is 13.5. The summed E-state index contributed by atoms with van der Waals surface area (Å²) in [4.78, 5) is 0. The maximum absolute atomic E-state index is 6.42. The third kappa shape index (κ3) is 1.98. The van der Waals surface area contributed by atoms with E-state index < -0.39 is 0 Å². The Morgan fingerprint density at radius 3 is 2.25 bits per heavy atom. The van der Waals surface area contributed by atoms with Gasteiger partial charge in [-0.3, -0.25) is 0 Å². The third-order valence-electron chi connectivity index (χ3n) is 5.26. The first-order chi connectivity index (χ1) is 9.83. The van der Waals surface area contributed by atoms with E-state index in [0.717, 1.165) is 22.8 Å². The minimum Gasteiger partial charge on any atom is -0.0837 e. The molecule has 0 aromatic heterocycles. The molecular weight excluding hydrogens is 264 g/mol. The van der Waals surface area contributed by atoms with Crippen LogP contribution in [0.1, 0.15) is 37.2 Å². The molecule has 20 heavy (non-hydrogen) atoms. The summed E-state index contributed by atoms with van der Waals surface area (Å²) in [6.45, 7) is 0. The summed E-state index contributed by atoms with van der Waals surface area (Å²) in [5.41, 5.74) is 4.05. The number of rotatable bonds is 2. The molecule has 0 nitrogen and oxygen atoms in total. The Morgan fingerprint density at radius 2 is 1.55 bits per heavy atom. The summed E-state index contributed by atoms with van der Waals surface area (Å²) in [6.07, 6.45) is 5.70. The second-order valence-electron chi connectivity index (χ2n) is 6.35. The van der Waals surface area contributed by atoms with Crippen molar-refractivity contribution in [2.45, 2.75) is 31.6 Å². The van der Waals surface area contributed by atoms with Crippen LogP contribution in [0.3, 0.4) is 0 Å². The summed E-state index contributed by atoms with van der Waals surface area (Å²) >= 11 is 6.42. The van der Waals surface area contributed by atoms with Crippen molar-refractivity contribution in [3.8, 4) is 11.1 Å². The number of hydrogen-bond donors (Lipinski definition) is 0. The van der Waals surface area contributed by atoms with Gasteiger partial charge in [0.2, 0.25) is 0 Å².